The van der Waals surface area contributed by atoms with Crippen LogP contribution in [0.3, 0.4) is 0 Å². The molecule has 3 heteroatoms. The Labute approximate surface area is 262 Å². The van der Waals surface area contributed by atoms with Crippen molar-refractivity contribution in [2.75, 3.05) is 0 Å². The van der Waals surface area contributed by atoms with Crippen LogP contribution in [0.4, 0.5) is 0 Å². The highest BCUT2D eigenvalue weighted by Crippen LogP contribution is 2.30. The number of aromatic nitrogens is 3. The Hall–Kier alpha value is -5.41. The Balaban J connectivity index is 0.00000216. The molecular formula is C41H39N3. The predicted molar refractivity (Wildman–Crippen MR) is 189 cm³/mol. The van der Waals surface area contributed by atoms with Gasteiger partial charge in [-0.2, -0.15) is 0 Å². The molecule has 0 saturated heterocycles. The molecule has 5 aromatic rings. The van der Waals surface area contributed by atoms with E-state index in [0.717, 1.165) is 56.5 Å². The highest BCUT2D eigenvalue weighted by Gasteiger charge is 2.14. The van der Waals surface area contributed by atoms with Crippen LogP contribution < -0.4 is 0 Å². The van der Waals surface area contributed by atoms with Gasteiger partial charge in [0.05, 0.1) is 0 Å². The van der Waals surface area contributed by atoms with Crippen LogP contribution in [0.5, 0.6) is 0 Å². The lowest BCUT2D eigenvalue weighted by molar-refractivity contribution is 1.04. The molecule has 1 heterocycles. The number of hydrogen-bond donors (Lipinski definition) is 0. The molecule has 0 unspecified atom stereocenters. The molecule has 0 aliphatic carbocycles. The summed E-state index contributed by atoms with van der Waals surface area (Å²) in [5.41, 5.74) is 8.99. The first kappa shape index (κ1) is 31.5. The van der Waals surface area contributed by atoms with E-state index in [-0.39, 0.29) is 0 Å². The molecule has 0 amide bonds. The van der Waals surface area contributed by atoms with Gasteiger partial charge in [-0.1, -0.05) is 156 Å². The lowest BCUT2D eigenvalue weighted by Gasteiger charge is -2.12. The monoisotopic (exact) mass is 573 g/mol. The van der Waals surface area contributed by atoms with Crippen molar-refractivity contribution in [2.24, 2.45) is 0 Å². The molecule has 44 heavy (non-hydrogen) atoms. The molecule has 4 aromatic carbocycles. The third-order valence-corrected chi connectivity index (χ3v) is 7.01. The lowest BCUT2D eigenvalue weighted by atomic mass is 10.0. The first-order chi connectivity index (χ1) is 21.6. The number of rotatable bonds is 10. The molecule has 1 aromatic heterocycles. The van der Waals surface area contributed by atoms with Crippen LogP contribution >= 0.6 is 0 Å². The van der Waals surface area contributed by atoms with Gasteiger partial charge >= 0.3 is 0 Å². The number of nitrogens with zero attached hydrogens (tertiary/aromatic N) is 3. The minimum atomic E-state index is 0.537. The lowest BCUT2D eigenvalue weighted by Crippen LogP contribution is -2.03. The average molecular weight is 574 g/mol. The molecular weight excluding hydrogens is 534 g/mol. The first-order valence-electron chi connectivity index (χ1n) is 15.0. The Kier molecular flexibility index (Phi) is 11.3. The van der Waals surface area contributed by atoms with Gasteiger partial charge < -0.3 is 0 Å². The molecule has 0 aliphatic heterocycles. The maximum absolute atomic E-state index is 4.99. The molecule has 0 radical (unpaired) electrons. The van der Waals surface area contributed by atoms with Crippen molar-refractivity contribution in [1.29, 1.82) is 0 Å². The van der Waals surface area contributed by atoms with Crippen LogP contribution in [0.1, 0.15) is 33.0 Å². The molecule has 0 spiro atoms. The molecule has 0 atom stereocenters. The summed E-state index contributed by atoms with van der Waals surface area (Å²) in [6, 6.07) is 37.2. The van der Waals surface area contributed by atoms with E-state index in [1.54, 1.807) is 12.2 Å². The summed E-state index contributed by atoms with van der Waals surface area (Å²) < 4.78 is 0. The summed E-state index contributed by atoms with van der Waals surface area (Å²) in [6.45, 7) is 18.3. The fourth-order valence-electron chi connectivity index (χ4n) is 4.79. The average Bonchev–Trinajstić information content (AvgIpc) is 3.11. The van der Waals surface area contributed by atoms with Gasteiger partial charge in [0.2, 0.25) is 0 Å². The fourth-order valence-corrected chi connectivity index (χ4v) is 4.79. The van der Waals surface area contributed by atoms with E-state index < -0.39 is 0 Å². The second-order valence-electron chi connectivity index (χ2n) is 9.81. The zero-order chi connectivity index (χ0) is 31.3. The molecule has 0 bridgehead atoms. The van der Waals surface area contributed by atoms with E-state index in [1.807, 2.05) is 86.7 Å². The zero-order valence-electron chi connectivity index (χ0n) is 25.9. The van der Waals surface area contributed by atoms with Crippen molar-refractivity contribution >= 4 is 5.57 Å². The van der Waals surface area contributed by atoms with E-state index in [9.17, 15) is 0 Å². The largest absolute Gasteiger partial charge is 0.208 e. The number of allylic oxidation sites excluding steroid dienone is 7. The summed E-state index contributed by atoms with van der Waals surface area (Å²) in [7, 11) is 0. The summed E-state index contributed by atoms with van der Waals surface area (Å²) in [5.74, 6) is 1.72. The normalized spacial score (nSPS) is 11.2. The van der Waals surface area contributed by atoms with Gasteiger partial charge in [0.15, 0.2) is 17.5 Å². The maximum Gasteiger partial charge on any atom is 0.164 e. The second-order valence-corrected chi connectivity index (χ2v) is 9.81. The summed E-state index contributed by atoms with van der Waals surface area (Å²) in [4.78, 5) is 14.9. The number of benzene rings is 4. The van der Waals surface area contributed by atoms with Crippen molar-refractivity contribution in [3.63, 3.8) is 0 Å². The van der Waals surface area contributed by atoms with Gasteiger partial charge in [0.1, 0.15) is 0 Å². The van der Waals surface area contributed by atoms with E-state index in [1.165, 1.54) is 0 Å². The number of hydrogen-bond acceptors (Lipinski definition) is 3. The van der Waals surface area contributed by atoms with Crippen molar-refractivity contribution in [2.45, 2.75) is 27.2 Å². The van der Waals surface area contributed by atoms with Gasteiger partial charge in [0.25, 0.3) is 0 Å². The summed E-state index contributed by atoms with van der Waals surface area (Å²) in [5, 5.41) is 0. The van der Waals surface area contributed by atoms with Crippen molar-refractivity contribution in [3.05, 3.63) is 170 Å². The second kappa shape index (κ2) is 15.7. The minimum Gasteiger partial charge on any atom is -0.208 e. The smallest absolute Gasteiger partial charge is 0.164 e. The SMILES string of the molecule is C=C/C=C(\CC)C(=C)/C=C(\C=C)c1nc(-c2cccc(-c3ccccc3)c2)nc(-c2cccc(-c3ccccc3)c2)n1.CC. The summed E-state index contributed by atoms with van der Waals surface area (Å²) >= 11 is 0. The predicted octanol–water partition coefficient (Wildman–Crippen LogP) is 11.2. The van der Waals surface area contributed by atoms with Gasteiger partial charge in [0, 0.05) is 16.7 Å². The minimum absolute atomic E-state index is 0.537. The third kappa shape index (κ3) is 7.70. The van der Waals surface area contributed by atoms with Crippen LogP contribution in [0.25, 0.3) is 50.6 Å². The zero-order valence-corrected chi connectivity index (χ0v) is 25.9. The summed E-state index contributed by atoms with van der Waals surface area (Å²) in [6.07, 6.45) is 8.35. The van der Waals surface area contributed by atoms with Crippen LogP contribution in [0.15, 0.2) is 164 Å². The van der Waals surface area contributed by atoms with Crippen LogP contribution in [0, 0.1) is 0 Å². The van der Waals surface area contributed by atoms with E-state index >= 15 is 0 Å². The fraction of sp³-hybridized carbons (Fsp3) is 0.0976. The van der Waals surface area contributed by atoms with E-state index in [2.05, 4.69) is 75.2 Å². The molecule has 3 nitrogen and oxygen atoms in total. The molecule has 5 rings (SSSR count). The van der Waals surface area contributed by atoms with Crippen molar-refractivity contribution in [3.8, 4) is 45.0 Å². The Morgan fingerprint density at radius 2 is 1.07 bits per heavy atom. The van der Waals surface area contributed by atoms with Crippen LogP contribution in [0.2, 0.25) is 0 Å². The molecule has 0 N–H and O–H groups in total. The highest BCUT2D eigenvalue weighted by molar-refractivity contribution is 5.77. The van der Waals surface area contributed by atoms with Crippen LogP contribution in [-0.2, 0) is 0 Å². The molecule has 0 saturated carbocycles. The Morgan fingerprint density at radius 1 is 0.614 bits per heavy atom. The standard InChI is InChI=1S/C39H33N3.C2H6/c1-5-16-29(6-2)28(4)25-30(7-3)37-40-38(35-23-14-21-33(26-35)31-17-10-8-11-18-31)42-39(41-37)36-24-15-22-34(27-36)32-19-12-9-13-20-32;1-2/h5,7-27H,1,3-4,6H2,2H3;1-2H3/b29-16+,30-25+;. The van der Waals surface area contributed by atoms with Gasteiger partial charge in [-0.15, -0.1) is 0 Å². The van der Waals surface area contributed by atoms with E-state index in [0.29, 0.717) is 17.5 Å². The van der Waals surface area contributed by atoms with Crippen LogP contribution in [-0.4, -0.2) is 15.0 Å². The van der Waals surface area contributed by atoms with Gasteiger partial charge in [-0.3, -0.25) is 0 Å². The van der Waals surface area contributed by atoms with Crippen molar-refractivity contribution < 1.29 is 0 Å². The Morgan fingerprint density at radius 3 is 1.50 bits per heavy atom. The van der Waals surface area contributed by atoms with Gasteiger partial charge in [-0.25, -0.2) is 15.0 Å². The quantitative estimate of drug-likeness (QED) is 0.156. The Bertz CT molecular complexity index is 1690. The first-order valence-corrected chi connectivity index (χ1v) is 15.0. The van der Waals surface area contributed by atoms with E-state index in [4.69, 9.17) is 15.0 Å². The molecule has 0 aliphatic rings. The highest BCUT2D eigenvalue weighted by atomic mass is 15.0. The van der Waals surface area contributed by atoms with Gasteiger partial charge in [-0.05, 0) is 58.0 Å². The topological polar surface area (TPSA) is 38.7 Å². The van der Waals surface area contributed by atoms with Crippen molar-refractivity contribution in [1.82, 2.24) is 15.0 Å². The maximum atomic E-state index is 4.99. The molecule has 218 valence electrons. The molecule has 0 fully saturated rings. The third-order valence-electron chi connectivity index (χ3n) is 7.01.